The van der Waals surface area contributed by atoms with E-state index >= 15 is 0 Å². The van der Waals surface area contributed by atoms with Crippen LogP contribution in [0.15, 0.2) is 12.1 Å². The molecule has 0 radical (unpaired) electrons. The minimum atomic E-state index is -0.391. The molecule has 0 saturated carbocycles. The smallest absolute Gasteiger partial charge is 0.177 e. The molecule has 1 aliphatic rings. The van der Waals surface area contributed by atoms with Gasteiger partial charge in [0.25, 0.3) is 0 Å². The molecule has 2 rings (SSSR count). The molecule has 0 aromatic heterocycles. The number of benzene rings is 1. The first-order valence-corrected chi connectivity index (χ1v) is 5.75. The number of rotatable bonds is 3. The highest BCUT2D eigenvalue weighted by atomic mass is 19.1. The van der Waals surface area contributed by atoms with Gasteiger partial charge in [-0.15, -0.1) is 0 Å². The maximum Gasteiger partial charge on any atom is 0.177 e. The Morgan fingerprint density at radius 3 is 2.71 bits per heavy atom. The summed E-state index contributed by atoms with van der Waals surface area (Å²) in [7, 11) is 1.42. The largest absolute Gasteiger partial charge is 0.492 e. The van der Waals surface area contributed by atoms with Gasteiger partial charge in [0.2, 0.25) is 0 Å². The number of hydrogen-bond acceptors (Lipinski definition) is 4. The zero-order valence-electron chi connectivity index (χ0n) is 10.0. The van der Waals surface area contributed by atoms with Gasteiger partial charge in [0.1, 0.15) is 0 Å². The third kappa shape index (κ3) is 2.87. The Labute approximate surface area is 101 Å². The van der Waals surface area contributed by atoms with Crippen LogP contribution in [0, 0.1) is 5.82 Å². The molecule has 5 heteroatoms. The zero-order chi connectivity index (χ0) is 12.3. The fraction of sp³-hybridized carbons (Fsp3) is 0.500. The molecular weight excluding hydrogens is 221 g/mol. The lowest BCUT2D eigenvalue weighted by atomic mass is 10.1. The number of nitrogens with one attached hydrogen (secondary N) is 1. The first kappa shape index (κ1) is 12.1. The third-order valence-electron chi connectivity index (χ3n) is 2.95. The second kappa shape index (κ2) is 5.33. The number of ether oxygens (including phenoxy) is 1. The molecule has 0 atom stereocenters. The van der Waals surface area contributed by atoms with E-state index in [9.17, 15) is 4.39 Å². The van der Waals surface area contributed by atoms with Gasteiger partial charge in [0.05, 0.1) is 12.8 Å². The summed E-state index contributed by atoms with van der Waals surface area (Å²) in [4.78, 5) is 2.27. The van der Waals surface area contributed by atoms with Crippen molar-refractivity contribution in [2.24, 2.45) is 0 Å². The number of hydrogen-bond donors (Lipinski definition) is 2. The van der Waals surface area contributed by atoms with Crippen LogP contribution in [0.4, 0.5) is 10.1 Å². The Bertz CT molecular complexity index is 368. The van der Waals surface area contributed by atoms with Crippen molar-refractivity contribution in [2.75, 3.05) is 39.0 Å². The maximum atomic E-state index is 13.6. The first-order valence-electron chi connectivity index (χ1n) is 5.75. The van der Waals surface area contributed by atoms with Gasteiger partial charge in [0.15, 0.2) is 11.6 Å². The van der Waals surface area contributed by atoms with Crippen molar-refractivity contribution in [2.45, 2.75) is 6.54 Å². The van der Waals surface area contributed by atoms with Crippen molar-refractivity contribution in [3.63, 3.8) is 0 Å². The molecule has 1 fully saturated rings. The van der Waals surface area contributed by atoms with Crippen LogP contribution in [0.2, 0.25) is 0 Å². The van der Waals surface area contributed by atoms with Crippen LogP contribution in [0.25, 0.3) is 0 Å². The molecule has 3 N–H and O–H groups in total. The standard InChI is InChI=1S/C12H18FN3O/c1-17-12-10(13)6-9(7-11(12)14)8-16-4-2-15-3-5-16/h6-7,15H,2-5,8,14H2,1H3. The molecule has 0 bridgehead atoms. The van der Waals surface area contributed by atoms with Crippen LogP contribution in [-0.2, 0) is 6.54 Å². The van der Waals surface area contributed by atoms with Crippen molar-refractivity contribution in [3.8, 4) is 5.75 Å². The molecule has 1 aliphatic heterocycles. The average molecular weight is 239 g/mol. The predicted octanol–water partition coefficient (Wildman–Crippen LogP) is 0.822. The summed E-state index contributed by atoms with van der Waals surface area (Å²) in [5.41, 5.74) is 6.99. The summed E-state index contributed by atoms with van der Waals surface area (Å²) in [5, 5.41) is 3.28. The molecule has 0 amide bonds. The van der Waals surface area contributed by atoms with Crippen LogP contribution in [0.1, 0.15) is 5.56 Å². The second-order valence-electron chi connectivity index (χ2n) is 4.23. The van der Waals surface area contributed by atoms with E-state index in [2.05, 4.69) is 10.2 Å². The second-order valence-corrected chi connectivity index (χ2v) is 4.23. The topological polar surface area (TPSA) is 50.5 Å². The predicted molar refractivity (Wildman–Crippen MR) is 65.5 cm³/mol. The summed E-state index contributed by atoms with van der Waals surface area (Å²) in [6.07, 6.45) is 0. The number of halogens is 1. The molecule has 94 valence electrons. The van der Waals surface area contributed by atoms with Gasteiger partial charge in [0, 0.05) is 32.7 Å². The monoisotopic (exact) mass is 239 g/mol. The molecule has 17 heavy (non-hydrogen) atoms. The SMILES string of the molecule is COc1c(N)cc(CN2CCNCC2)cc1F. The molecule has 4 nitrogen and oxygen atoms in total. The molecule has 1 heterocycles. The van der Waals surface area contributed by atoms with Gasteiger partial charge in [-0.1, -0.05) is 0 Å². The Hall–Kier alpha value is -1.33. The first-order chi connectivity index (χ1) is 8.20. The van der Waals surface area contributed by atoms with Crippen molar-refractivity contribution in [1.82, 2.24) is 10.2 Å². The molecule has 0 aliphatic carbocycles. The molecular formula is C12H18FN3O. The van der Waals surface area contributed by atoms with Crippen molar-refractivity contribution in [3.05, 3.63) is 23.5 Å². The van der Waals surface area contributed by atoms with E-state index in [0.717, 1.165) is 38.3 Å². The quantitative estimate of drug-likeness (QED) is 0.767. The van der Waals surface area contributed by atoms with Crippen molar-refractivity contribution in [1.29, 1.82) is 0 Å². The fourth-order valence-electron chi connectivity index (χ4n) is 2.11. The average Bonchev–Trinajstić information content (AvgIpc) is 2.30. The highest BCUT2D eigenvalue weighted by Gasteiger charge is 2.13. The van der Waals surface area contributed by atoms with Gasteiger partial charge < -0.3 is 15.8 Å². The van der Waals surface area contributed by atoms with E-state index in [4.69, 9.17) is 10.5 Å². The van der Waals surface area contributed by atoms with E-state index in [-0.39, 0.29) is 5.75 Å². The zero-order valence-corrected chi connectivity index (χ0v) is 10.0. The molecule has 1 saturated heterocycles. The highest BCUT2D eigenvalue weighted by Crippen LogP contribution is 2.27. The van der Waals surface area contributed by atoms with E-state index in [0.29, 0.717) is 5.69 Å². The summed E-state index contributed by atoms with van der Waals surface area (Å²) in [6.45, 7) is 4.65. The van der Waals surface area contributed by atoms with Crippen molar-refractivity contribution >= 4 is 5.69 Å². The van der Waals surface area contributed by atoms with Crippen LogP contribution < -0.4 is 15.8 Å². The highest BCUT2D eigenvalue weighted by molar-refractivity contribution is 5.55. The van der Waals surface area contributed by atoms with Crippen LogP contribution in [-0.4, -0.2) is 38.2 Å². The van der Waals surface area contributed by atoms with E-state index < -0.39 is 5.82 Å². The molecule has 0 unspecified atom stereocenters. The van der Waals surface area contributed by atoms with Crippen LogP contribution >= 0.6 is 0 Å². The number of piperazine rings is 1. The lowest BCUT2D eigenvalue weighted by Gasteiger charge is -2.27. The van der Waals surface area contributed by atoms with Crippen LogP contribution in [0.3, 0.4) is 0 Å². The minimum Gasteiger partial charge on any atom is -0.492 e. The summed E-state index contributed by atoms with van der Waals surface area (Å²) in [5.74, 6) is -0.258. The van der Waals surface area contributed by atoms with Gasteiger partial charge >= 0.3 is 0 Å². The van der Waals surface area contributed by atoms with Gasteiger partial charge in [-0.3, -0.25) is 4.90 Å². The fourth-order valence-corrected chi connectivity index (χ4v) is 2.11. The Kier molecular flexibility index (Phi) is 3.81. The van der Waals surface area contributed by atoms with Crippen LogP contribution in [0.5, 0.6) is 5.75 Å². The van der Waals surface area contributed by atoms with E-state index in [1.165, 1.54) is 13.2 Å². The van der Waals surface area contributed by atoms with Crippen molar-refractivity contribution < 1.29 is 9.13 Å². The minimum absolute atomic E-state index is 0.133. The van der Waals surface area contributed by atoms with Gasteiger partial charge in [-0.25, -0.2) is 4.39 Å². The summed E-state index contributed by atoms with van der Waals surface area (Å²) >= 11 is 0. The molecule has 0 spiro atoms. The van der Waals surface area contributed by atoms with Gasteiger partial charge in [-0.05, 0) is 17.7 Å². The number of nitrogens with two attached hydrogens (primary N) is 1. The summed E-state index contributed by atoms with van der Waals surface area (Å²) < 4.78 is 18.5. The number of nitrogens with zero attached hydrogens (tertiary/aromatic N) is 1. The van der Waals surface area contributed by atoms with E-state index in [1.807, 2.05) is 0 Å². The normalized spacial score (nSPS) is 17.1. The summed E-state index contributed by atoms with van der Waals surface area (Å²) in [6, 6.07) is 3.28. The third-order valence-corrected chi connectivity index (χ3v) is 2.95. The van der Waals surface area contributed by atoms with E-state index in [1.54, 1.807) is 6.07 Å². The Morgan fingerprint density at radius 2 is 2.12 bits per heavy atom. The Morgan fingerprint density at radius 1 is 1.41 bits per heavy atom. The lowest BCUT2D eigenvalue weighted by molar-refractivity contribution is 0.233. The molecule has 1 aromatic carbocycles. The molecule has 1 aromatic rings. The van der Waals surface area contributed by atoms with Gasteiger partial charge in [-0.2, -0.15) is 0 Å². The Balaban J connectivity index is 2.10. The number of nitrogen functional groups attached to an aromatic ring is 1. The number of anilines is 1. The number of methoxy groups -OCH3 is 1. The maximum absolute atomic E-state index is 13.6. The lowest BCUT2D eigenvalue weighted by Crippen LogP contribution is -2.42.